The summed E-state index contributed by atoms with van der Waals surface area (Å²) in [5, 5.41) is 0. The van der Waals surface area contributed by atoms with Crippen LogP contribution >= 0.6 is 0 Å². The summed E-state index contributed by atoms with van der Waals surface area (Å²) in [6, 6.07) is 5.39. The zero-order valence-corrected chi connectivity index (χ0v) is 8.19. The molecule has 1 aliphatic carbocycles. The second kappa shape index (κ2) is 2.86. The number of carbonyl (C=O) groups excluding carboxylic acids is 1. The summed E-state index contributed by atoms with van der Waals surface area (Å²) in [5.74, 6) is 0.916. The third-order valence-corrected chi connectivity index (χ3v) is 2.97. The van der Waals surface area contributed by atoms with E-state index in [0.717, 1.165) is 23.3 Å². The topological polar surface area (TPSA) is 52.3 Å². The van der Waals surface area contributed by atoms with Crippen LogP contribution in [-0.4, -0.2) is 12.4 Å². The van der Waals surface area contributed by atoms with Gasteiger partial charge in [-0.3, -0.25) is 4.79 Å². The highest BCUT2D eigenvalue weighted by atomic mass is 16.5. The molecule has 3 rings (SSSR count). The first-order valence-electron chi connectivity index (χ1n) is 5.04. The SMILES string of the molecule is Nc1ccc2c(c1)C=C1OCCC1C2=O. The van der Waals surface area contributed by atoms with Crippen LogP contribution in [0.3, 0.4) is 0 Å². The lowest BCUT2D eigenvalue weighted by atomic mass is 9.86. The molecule has 1 unspecified atom stereocenters. The van der Waals surface area contributed by atoms with Gasteiger partial charge in [0.1, 0.15) is 5.76 Å². The summed E-state index contributed by atoms with van der Waals surface area (Å²) in [5.41, 5.74) is 8.01. The minimum Gasteiger partial charge on any atom is -0.497 e. The van der Waals surface area contributed by atoms with Gasteiger partial charge in [-0.2, -0.15) is 0 Å². The molecule has 3 heteroatoms. The molecule has 0 amide bonds. The number of hydrogen-bond donors (Lipinski definition) is 1. The molecule has 0 aromatic heterocycles. The molecule has 2 N–H and O–H groups in total. The predicted molar refractivity (Wildman–Crippen MR) is 57.2 cm³/mol. The summed E-state index contributed by atoms with van der Waals surface area (Å²) < 4.78 is 5.42. The molecule has 0 saturated carbocycles. The van der Waals surface area contributed by atoms with Crippen molar-refractivity contribution in [2.75, 3.05) is 12.3 Å². The Morgan fingerprint density at radius 3 is 3.13 bits per heavy atom. The van der Waals surface area contributed by atoms with Gasteiger partial charge in [-0.1, -0.05) is 0 Å². The smallest absolute Gasteiger partial charge is 0.174 e. The molecule has 1 aromatic carbocycles. The van der Waals surface area contributed by atoms with Crippen molar-refractivity contribution in [2.45, 2.75) is 6.42 Å². The van der Waals surface area contributed by atoms with Crippen molar-refractivity contribution in [3.05, 3.63) is 35.1 Å². The highest BCUT2D eigenvalue weighted by Crippen LogP contribution is 2.35. The minimum absolute atomic E-state index is 0.0545. The van der Waals surface area contributed by atoms with Gasteiger partial charge in [0, 0.05) is 11.3 Å². The monoisotopic (exact) mass is 201 g/mol. The van der Waals surface area contributed by atoms with Gasteiger partial charge in [-0.05, 0) is 36.3 Å². The Kier molecular flexibility index (Phi) is 1.63. The van der Waals surface area contributed by atoms with Gasteiger partial charge in [0.15, 0.2) is 5.78 Å². The molecule has 1 saturated heterocycles. The number of nitrogens with two attached hydrogens (primary N) is 1. The first-order chi connectivity index (χ1) is 7.25. The van der Waals surface area contributed by atoms with E-state index in [1.165, 1.54) is 0 Å². The largest absolute Gasteiger partial charge is 0.497 e. The van der Waals surface area contributed by atoms with E-state index in [0.29, 0.717) is 12.3 Å². The number of carbonyl (C=O) groups is 1. The van der Waals surface area contributed by atoms with Gasteiger partial charge in [0.25, 0.3) is 0 Å². The molecule has 76 valence electrons. The molecule has 0 spiro atoms. The van der Waals surface area contributed by atoms with E-state index in [9.17, 15) is 4.79 Å². The van der Waals surface area contributed by atoms with Crippen molar-refractivity contribution < 1.29 is 9.53 Å². The fraction of sp³-hybridized carbons (Fsp3) is 0.250. The van der Waals surface area contributed by atoms with Crippen LogP contribution in [0, 0.1) is 5.92 Å². The Morgan fingerprint density at radius 2 is 2.27 bits per heavy atom. The molecule has 1 aliphatic heterocycles. The van der Waals surface area contributed by atoms with Crippen LogP contribution in [0.5, 0.6) is 0 Å². The molecule has 0 radical (unpaired) electrons. The van der Waals surface area contributed by atoms with E-state index in [1.807, 2.05) is 12.1 Å². The van der Waals surface area contributed by atoms with Crippen LogP contribution in [0.25, 0.3) is 6.08 Å². The highest BCUT2D eigenvalue weighted by molar-refractivity contribution is 6.05. The lowest BCUT2D eigenvalue weighted by Gasteiger charge is -2.17. The maximum Gasteiger partial charge on any atom is 0.174 e. The molecular weight excluding hydrogens is 190 g/mol. The molecular formula is C12H11NO2. The number of Topliss-reactive ketones (excluding diaryl/α,β-unsaturated/α-hetero) is 1. The number of nitrogen functional groups attached to an aromatic ring is 1. The summed E-state index contributed by atoms with van der Waals surface area (Å²) in [7, 11) is 0. The molecule has 3 nitrogen and oxygen atoms in total. The van der Waals surface area contributed by atoms with E-state index in [1.54, 1.807) is 12.1 Å². The third kappa shape index (κ3) is 1.16. The number of ether oxygens (including phenoxy) is 1. The Morgan fingerprint density at radius 1 is 1.40 bits per heavy atom. The van der Waals surface area contributed by atoms with Crippen LogP contribution < -0.4 is 5.73 Å². The van der Waals surface area contributed by atoms with Gasteiger partial charge in [0.2, 0.25) is 0 Å². The second-order valence-electron chi connectivity index (χ2n) is 3.95. The summed E-state index contributed by atoms with van der Waals surface area (Å²) in [4.78, 5) is 12.0. The fourth-order valence-electron chi connectivity index (χ4n) is 2.21. The van der Waals surface area contributed by atoms with Gasteiger partial charge >= 0.3 is 0 Å². The van der Waals surface area contributed by atoms with Crippen LogP contribution in [-0.2, 0) is 4.74 Å². The van der Waals surface area contributed by atoms with Crippen LogP contribution in [0.4, 0.5) is 5.69 Å². The lowest BCUT2D eigenvalue weighted by molar-refractivity contribution is 0.0934. The minimum atomic E-state index is -0.0545. The van der Waals surface area contributed by atoms with Crippen LogP contribution in [0.15, 0.2) is 24.0 Å². The van der Waals surface area contributed by atoms with Crippen molar-refractivity contribution >= 4 is 17.5 Å². The van der Waals surface area contributed by atoms with Crippen molar-refractivity contribution in [3.8, 4) is 0 Å². The molecule has 15 heavy (non-hydrogen) atoms. The standard InChI is InChI=1S/C12H11NO2/c13-8-1-2-9-7(5-8)6-11-10(12(9)14)3-4-15-11/h1-2,5-6,10H,3-4,13H2. The average molecular weight is 201 g/mol. The third-order valence-electron chi connectivity index (χ3n) is 2.97. The maximum absolute atomic E-state index is 12.0. The first-order valence-corrected chi connectivity index (χ1v) is 5.04. The molecule has 2 aliphatic rings. The molecule has 1 heterocycles. The van der Waals surface area contributed by atoms with Gasteiger partial charge in [-0.25, -0.2) is 0 Å². The molecule has 1 atom stereocenters. The van der Waals surface area contributed by atoms with E-state index >= 15 is 0 Å². The zero-order chi connectivity index (χ0) is 10.4. The predicted octanol–water partition coefficient (Wildman–Crippen LogP) is 1.84. The number of ketones is 1. The first kappa shape index (κ1) is 8.53. The molecule has 1 aromatic rings. The van der Waals surface area contributed by atoms with Gasteiger partial charge in [0.05, 0.1) is 12.5 Å². The van der Waals surface area contributed by atoms with Crippen molar-refractivity contribution in [1.82, 2.24) is 0 Å². The second-order valence-corrected chi connectivity index (χ2v) is 3.95. The lowest BCUT2D eigenvalue weighted by Crippen LogP contribution is -2.18. The Hall–Kier alpha value is -1.77. The number of allylic oxidation sites excluding steroid dienone is 1. The Labute approximate surface area is 87.5 Å². The zero-order valence-electron chi connectivity index (χ0n) is 8.19. The summed E-state index contributed by atoms with van der Waals surface area (Å²) in [6.45, 7) is 0.645. The number of fused-ring (bicyclic) bond motifs is 2. The van der Waals surface area contributed by atoms with Crippen molar-refractivity contribution in [2.24, 2.45) is 5.92 Å². The van der Waals surface area contributed by atoms with E-state index in [2.05, 4.69) is 0 Å². The highest BCUT2D eigenvalue weighted by Gasteiger charge is 2.34. The Balaban J connectivity index is 2.19. The maximum atomic E-state index is 12.0. The van der Waals surface area contributed by atoms with E-state index in [4.69, 9.17) is 10.5 Å². The van der Waals surface area contributed by atoms with Crippen LogP contribution in [0.2, 0.25) is 0 Å². The fourth-order valence-corrected chi connectivity index (χ4v) is 2.21. The normalized spacial score (nSPS) is 22.8. The van der Waals surface area contributed by atoms with E-state index in [-0.39, 0.29) is 11.7 Å². The quantitative estimate of drug-likeness (QED) is 0.651. The average Bonchev–Trinajstić information content (AvgIpc) is 2.65. The molecule has 1 fully saturated rings. The number of benzene rings is 1. The van der Waals surface area contributed by atoms with E-state index < -0.39 is 0 Å². The number of rotatable bonds is 0. The Bertz CT molecular complexity index is 477. The van der Waals surface area contributed by atoms with Gasteiger partial charge in [-0.15, -0.1) is 0 Å². The van der Waals surface area contributed by atoms with Gasteiger partial charge < -0.3 is 10.5 Å². The summed E-state index contributed by atoms with van der Waals surface area (Å²) >= 11 is 0. The number of anilines is 1. The van der Waals surface area contributed by atoms with Crippen molar-refractivity contribution in [1.29, 1.82) is 0 Å². The number of hydrogen-bond acceptors (Lipinski definition) is 3. The van der Waals surface area contributed by atoms with Crippen LogP contribution in [0.1, 0.15) is 22.3 Å². The summed E-state index contributed by atoms with van der Waals surface area (Å²) in [6.07, 6.45) is 2.74. The van der Waals surface area contributed by atoms with Crippen molar-refractivity contribution in [3.63, 3.8) is 0 Å². The molecule has 0 bridgehead atoms.